The van der Waals surface area contributed by atoms with Crippen molar-refractivity contribution in [2.24, 2.45) is 0 Å². The number of aromatic nitrogens is 1. The molecule has 0 saturated heterocycles. The van der Waals surface area contributed by atoms with Gasteiger partial charge in [-0.15, -0.1) is 0 Å². The molecule has 0 aliphatic heterocycles. The molecule has 0 saturated carbocycles. The molecular formula is C16H20F2N2O4. The third-order valence-corrected chi connectivity index (χ3v) is 3.64. The number of aliphatic hydroxyl groups excluding tert-OH is 2. The summed E-state index contributed by atoms with van der Waals surface area (Å²) < 4.78 is 31.0. The van der Waals surface area contributed by atoms with E-state index in [-0.39, 0.29) is 11.4 Å². The quantitative estimate of drug-likeness (QED) is 0.710. The summed E-state index contributed by atoms with van der Waals surface area (Å²) in [5.41, 5.74) is 0.464. The third kappa shape index (κ3) is 3.82. The minimum atomic E-state index is -2.59. The van der Waals surface area contributed by atoms with Crippen LogP contribution in [0.15, 0.2) is 24.4 Å². The van der Waals surface area contributed by atoms with Crippen molar-refractivity contribution in [1.82, 2.24) is 9.72 Å². The molecule has 2 aromatic heterocycles. The molecule has 2 aromatic rings. The van der Waals surface area contributed by atoms with Crippen molar-refractivity contribution in [1.29, 1.82) is 0 Å². The van der Waals surface area contributed by atoms with Crippen LogP contribution in [0.1, 0.15) is 23.0 Å². The highest BCUT2D eigenvalue weighted by atomic mass is 19.3. The molecule has 132 valence electrons. The number of nitrogens with one attached hydrogen (secondary N) is 1. The lowest BCUT2D eigenvalue weighted by Crippen LogP contribution is -2.52. The molecule has 1 amide bonds. The van der Waals surface area contributed by atoms with Crippen LogP contribution in [-0.4, -0.2) is 52.3 Å². The monoisotopic (exact) mass is 342 g/mol. The van der Waals surface area contributed by atoms with E-state index in [4.69, 9.17) is 4.74 Å². The van der Waals surface area contributed by atoms with E-state index >= 15 is 0 Å². The second-order valence-corrected chi connectivity index (χ2v) is 5.87. The van der Waals surface area contributed by atoms with Crippen molar-refractivity contribution >= 4 is 11.4 Å². The fourth-order valence-corrected chi connectivity index (χ4v) is 2.28. The first-order valence-electron chi connectivity index (χ1n) is 7.36. The number of aliphatic hydroxyl groups is 2. The average molecular weight is 342 g/mol. The molecule has 0 atom stereocenters. The Morgan fingerprint density at radius 1 is 1.38 bits per heavy atom. The summed E-state index contributed by atoms with van der Waals surface area (Å²) in [4.78, 5) is 12.5. The lowest BCUT2D eigenvalue weighted by molar-refractivity contribution is 0.0717. The molecule has 0 radical (unpaired) electrons. The molecule has 0 aromatic carbocycles. The van der Waals surface area contributed by atoms with Gasteiger partial charge in [0.15, 0.2) is 0 Å². The fourth-order valence-electron chi connectivity index (χ4n) is 2.28. The number of hydrogen-bond acceptors (Lipinski definition) is 4. The zero-order valence-electron chi connectivity index (χ0n) is 13.4. The average Bonchev–Trinajstić information content (AvgIpc) is 2.87. The number of halogens is 2. The van der Waals surface area contributed by atoms with Crippen LogP contribution >= 0.6 is 0 Å². The highest BCUT2D eigenvalue weighted by molar-refractivity contribution is 5.96. The van der Waals surface area contributed by atoms with E-state index in [0.717, 1.165) is 0 Å². The van der Waals surface area contributed by atoms with E-state index in [9.17, 15) is 23.8 Å². The van der Waals surface area contributed by atoms with Crippen LogP contribution in [0.2, 0.25) is 0 Å². The normalized spacial score (nSPS) is 12.0. The summed E-state index contributed by atoms with van der Waals surface area (Å²) in [6.45, 7) is 1.64. The van der Waals surface area contributed by atoms with Gasteiger partial charge in [-0.1, -0.05) is 0 Å². The number of alkyl halides is 2. The summed E-state index contributed by atoms with van der Waals surface area (Å²) in [5.74, 6) is -0.288. The molecule has 6 nitrogen and oxygen atoms in total. The Balaban J connectivity index is 2.36. The topological polar surface area (TPSA) is 83.2 Å². The van der Waals surface area contributed by atoms with Gasteiger partial charge >= 0.3 is 0 Å². The van der Waals surface area contributed by atoms with Gasteiger partial charge in [0.25, 0.3) is 12.3 Å². The van der Waals surface area contributed by atoms with Gasteiger partial charge in [0.05, 0.1) is 24.9 Å². The highest BCUT2D eigenvalue weighted by Crippen LogP contribution is 2.21. The van der Waals surface area contributed by atoms with Crippen LogP contribution in [0.5, 0.6) is 5.75 Å². The van der Waals surface area contributed by atoms with Crippen LogP contribution in [-0.2, 0) is 0 Å². The Morgan fingerprint density at radius 2 is 2.04 bits per heavy atom. The van der Waals surface area contributed by atoms with Gasteiger partial charge in [0.1, 0.15) is 18.1 Å². The fraction of sp³-hybridized carbons (Fsp3) is 0.438. The molecule has 0 unspecified atom stereocenters. The van der Waals surface area contributed by atoms with E-state index in [2.05, 4.69) is 5.32 Å². The Kier molecular flexibility index (Phi) is 5.40. The number of nitrogens with zero attached hydrogens (tertiary/aromatic N) is 1. The first-order valence-corrected chi connectivity index (χ1v) is 7.36. The summed E-state index contributed by atoms with van der Waals surface area (Å²) in [5, 5.41) is 21.2. The van der Waals surface area contributed by atoms with Gasteiger partial charge < -0.3 is 24.7 Å². The number of hydrogen-bond donors (Lipinski definition) is 3. The zero-order valence-corrected chi connectivity index (χ0v) is 13.4. The Bertz CT molecular complexity index is 726. The summed E-state index contributed by atoms with van der Waals surface area (Å²) in [6, 6.07) is 4.97. The number of amides is 1. The molecule has 0 bridgehead atoms. The zero-order chi connectivity index (χ0) is 17.9. The minimum Gasteiger partial charge on any atom is -0.486 e. The van der Waals surface area contributed by atoms with Gasteiger partial charge in [0, 0.05) is 5.52 Å². The standard InChI is InChI=1S/C16H20F2N2O4/c1-10-5-11-3-4-12(24-7-13(17)18)6-20(11)14(10)15(23)19-16(2,8-21)9-22/h3-6,13,21-22H,7-9H2,1-2H3,(H,19,23). The van der Waals surface area contributed by atoms with Crippen molar-refractivity contribution < 1.29 is 28.5 Å². The first-order chi connectivity index (χ1) is 11.3. The van der Waals surface area contributed by atoms with E-state index in [1.807, 2.05) is 0 Å². The van der Waals surface area contributed by atoms with Gasteiger partial charge in [0.2, 0.25) is 0 Å². The molecular weight excluding hydrogens is 322 g/mol. The van der Waals surface area contributed by atoms with Crippen LogP contribution in [0.4, 0.5) is 8.78 Å². The van der Waals surface area contributed by atoms with Crippen molar-refractivity contribution in [3.8, 4) is 5.75 Å². The Morgan fingerprint density at radius 3 is 2.62 bits per heavy atom. The number of rotatable bonds is 7. The van der Waals surface area contributed by atoms with Crippen LogP contribution in [0.25, 0.3) is 5.52 Å². The Hall–Kier alpha value is -2.19. The minimum absolute atomic E-state index is 0.208. The van der Waals surface area contributed by atoms with E-state index in [0.29, 0.717) is 11.1 Å². The summed E-state index contributed by atoms with van der Waals surface area (Å²) >= 11 is 0. The Labute approximate surface area is 137 Å². The van der Waals surface area contributed by atoms with Crippen LogP contribution < -0.4 is 10.1 Å². The predicted molar refractivity (Wildman–Crippen MR) is 83.7 cm³/mol. The van der Waals surface area contributed by atoms with E-state index in [1.165, 1.54) is 17.5 Å². The maximum Gasteiger partial charge on any atom is 0.272 e. The lowest BCUT2D eigenvalue weighted by atomic mass is 10.1. The van der Waals surface area contributed by atoms with Gasteiger partial charge in [-0.25, -0.2) is 8.78 Å². The molecule has 0 aliphatic rings. The van der Waals surface area contributed by atoms with Crippen molar-refractivity contribution in [3.63, 3.8) is 0 Å². The number of pyridine rings is 1. The highest BCUT2D eigenvalue weighted by Gasteiger charge is 2.27. The number of carbonyl (C=O) groups excluding carboxylic acids is 1. The van der Waals surface area contributed by atoms with Crippen molar-refractivity contribution in [3.05, 3.63) is 35.7 Å². The molecule has 0 spiro atoms. The maximum absolute atomic E-state index is 12.5. The number of aryl methyl sites for hydroxylation is 1. The number of carbonyl (C=O) groups is 1. The van der Waals surface area contributed by atoms with Crippen LogP contribution in [0.3, 0.4) is 0 Å². The molecule has 2 heterocycles. The summed E-state index contributed by atoms with van der Waals surface area (Å²) in [7, 11) is 0. The SMILES string of the molecule is Cc1cc2ccc(OCC(F)F)cn2c1C(=O)NC(C)(CO)CO. The molecule has 2 rings (SSSR count). The molecule has 24 heavy (non-hydrogen) atoms. The van der Waals surface area contributed by atoms with Crippen molar-refractivity contribution in [2.75, 3.05) is 19.8 Å². The first kappa shape index (κ1) is 18.2. The second-order valence-electron chi connectivity index (χ2n) is 5.87. The van der Waals surface area contributed by atoms with Crippen LogP contribution in [0, 0.1) is 6.92 Å². The molecule has 8 heteroatoms. The third-order valence-electron chi connectivity index (χ3n) is 3.64. The summed E-state index contributed by atoms with van der Waals surface area (Å²) in [6.07, 6.45) is -1.14. The van der Waals surface area contributed by atoms with Crippen molar-refractivity contribution in [2.45, 2.75) is 25.8 Å². The second kappa shape index (κ2) is 7.14. The smallest absolute Gasteiger partial charge is 0.272 e. The predicted octanol–water partition coefficient (Wildman–Crippen LogP) is 1.36. The molecule has 3 N–H and O–H groups in total. The number of fused-ring (bicyclic) bond motifs is 1. The van der Waals surface area contributed by atoms with E-state index in [1.54, 1.807) is 25.1 Å². The maximum atomic E-state index is 12.5. The van der Waals surface area contributed by atoms with Gasteiger partial charge in [-0.2, -0.15) is 0 Å². The van der Waals surface area contributed by atoms with E-state index < -0.39 is 37.7 Å². The lowest BCUT2D eigenvalue weighted by Gasteiger charge is -2.26. The molecule has 0 aliphatic carbocycles. The van der Waals surface area contributed by atoms with Gasteiger partial charge in [-0.3, -0.25) is 4.79 Å². The largest absolute Gasteiger partial charge is 0.486 e. The number of ether oxygens (including phenoxy) is 1. The molecule has 0 fully saturated rings. The van der Waals surface area contributed by atoms with Gasteiger partial charge in [-0.05, 0) is 37.6 Å².